The van der Waals surface area contributed by atoms with E-state index in [1.165, 1.54) is 5.56 Å². The predicted molar refractivity (Wildman–Crippen MR) is 69.8 cm³/mol. The van der Waals surface area contributed by atoms with Gasteiger partial charge in [0.05, 0.1) is 6.10 Å². The molecule has 0 spiro atoms. The van der Waals surface area contributed by atoms with Gasteiger partial charge in [0, 0.05) is 23.6 Å². The minimum atomic E-state index is 0.258. The van der Waals surface area contributed by atoms with Crippen LogP contribution in [0, 0.1) is 5.92 Å². The molecule has 1 aromatic rings. The Bertz CT molecular complexity index is 355. The molecule has 17 heavy (non-hydrogen) atoms. The molecule has 1 heterocycles. The third-order valence-electron chi connectivity index (χ3n) is 3.53. The van der Waals surface area contributed by atoms with Crippen molar-refractivity contribution >= 4 is 11.6 Å². The average Bonchev–Trinajstić information content (AvgIpc) is 2.75. The van der Waals surface area contributed by atoms with E-state index in [1.807, 2.05) is 24.3 Å². The molecule has 0 bridgehead atoms. The Morgan fingerprint density at radius 1 is 1.47 bits per heavy atom. The molecule has 1 aromatic carbocycles. The van der Waals surface area contributed by atoms with Crippen LogP contribution in [0.5, 0.6) is 0 Å². The van der Waals surface area contributed by atoms with Crippen LogP contribution in [0.1, 0.15) is 18.9 Å². The lowest BCUT2D eigenvalue weighted by molar-refractivity contribution is 0.0954. The molecule has 0 radical (unpaired) electrons. The van der Waals surface area contributed by atoms with Gasteiger partial charge in [0.25, 0.3) is 0 Å². The van der Waals surface area contributed by atoms with Crippen LogP contribution in [0.2, 0.25) is 5.02 Å². The number of hydrogen-bond acceptors (Lipinski definition) is 3. The summed E-state index contributed by atoms with van der Waals surface area (Å²) >= 11 is 5.87. The monoisotopic (exact) mass is 254 g/mol. The highest BCUT2D eigenvalue weighted by molar-refractivity contribution is 6.30. The Morgan fingerprint density at radius 2 is 2.18 bits per heavy atom. The number of hydrazine groups is 1. The van der Waals surface area contributed by atoms with E-state index in [0.717, 1.165) is 24.5 Å². The molecule has 1 aliphatic heterocycles. The molecule has 0 saturated carbocycles. The van der Waals surface area contributed by atoms with E-state index in [0.29, 0.717) is 5.92 Å². The van der Waals surface area contributed by atoms with Gasteiger partial charge in [-0.05, 0) is 37.5 Å². The highest BCUT2D eigenvalue weighted by atomic mass is 35.5. The lowest BCUT2D eigenvalue weighted by Gasteiger charge is -2.25. The van der Waals surface area contributed by atoms with Crippen LogP contribution in [0.4, 0.5) is 0 Å². The van der Waals surface area contributed by atoms with Crippen LogP contribution < -0.4 is 11.3 Å². The van der Waals surface area contributed by atoms with Crippen LogP contribution in [-0.4, -0.2) is 18.8 Å². The molecule has 3 nitrogen and oxygen atoms in total. The van der Waals surface area contributed by atoms with Gasteiger partial charge in [-0.1, -0.05) is 23.7 Å². The Morgan fingerprint density at radius 3 is 2.71 bits per heavy atom. The summed E-state index contributed by atoms with van der Waals surface area (Å²) in [5, 5.41) is 0.767. The van der Waals surface area contributed by atoms with Crippen molar-refractivity contribution in [3.05, 3.63) is 34.9 Å². The first-order chi connectivity index (χ1) is 8.20. The third kappa shape index (κ3) is 3.19. The lowest BCUT2D eigenvalue weighted by atomic mass is 9.89. The number of halogens is 1. The first kappa shape index (κ1) is 12.8. The van der Waals surface area contributed by atoms with Crippen molar-refractivity contribution in [2.45, 2.75) is 31.9 Å². The second-order valence-electron chi connectivity index (χ2n) is 4.63. The third-order valence-corrected chi connectivity index (χ3v) is 3.79. The number of nitrogens with one attached hydrogen (secondary N) is 1. The molecule has 3 unspecified atom stereocenters. The van der Waals surface area contributed by atoms with Crippen LogP contribution in [0.3, 0.4) is 0 Å². The van der Waals surface area contributed by atoms with Crippen molar-refractivity contribution < 1.29 is 4.74 Å². The lowest BCUT2D eigenvalue weighted by Crippen LogP contribution is -2.44. The molecular formula is C13H19ClN2O. The van der Waals surface area contributed by atoms with Crippen LogP contribution in [-0.2, 0) is 11.2 Å². The quantitative estimate of drug-likeness (QED) is 0.639. The van der Waals surface area contributed by atoms with E-state index in [2.05, 4.69) is 12.3 Å². The minimum absolute atomic E-state index is 0.258. The Hall–Kier alpha value is -0.610. The number of benzene rings is 1. The van der Waals surface area contributed by atoms with Crippen LogP contribution in [0.25, 0.3) is 0 Å². The zero-order chi connectivity index (χ0) is 12.3. The fraction of sp³-hybridized carbons (Fsp3) is 0.538. The second kappa shape index (κ2) is 5.83. The second-order valence-corrected chi connectivity index (χ2v) is 5.07. The summed E-state index contributed by atoms with van der Waals surface area (Å²) < 4.78 is 5.59. The van der Waals surface area contributed by atoms with Gasteiger partial charge in [0.15, 0.2) is 0 Å². The SMILES string of the molecule is CC1OCCC1C(Cc1ccc(Cl)cc1)NN. The molecule has 3 N–H and O–H groups in total. The van der Waals surface area contributed by atoms with Gasteiger partial charge in [0.1, 0.15) is 0 Å². The van der Waals surface area contributed by atoms with Crippen molar-refractivity contribution in [2.24, 2.45) is 11.8 Å². The highest BCUT2D eigenvalue weighted by Gasteiger charge is 2.31. The van der Waals surface area contributed by atoms with E-state index < -0.39 is 0 Å². The van der Waals surface area contributed by atoms with Crippen molar-refractivity contribution in [3.8, 4) is 0 Å². The molecule has 2 rings (SSSR count). The molecule has 1 saturated heterocycles. The normalized spacial score (nSPS) is 26.1. The summed E-state index contributed by atoms with van der Waals surface area (Å²) in [6.07, 6.45) is 2.26. The van der Waals surface area contributed by atoms with E-state index >= 15 is 0 Å². The van der Waals surface area contributed by atoms with Gasteiger partial charge in [-0.3, -0.25) is 11.3 Å². The number of nitrogens with two attached hydrogens (primary N) is 1. The molecule has 0 aliphatic carbocycles. The molecule has 4 heteroatoms. The van der Waals surface area contributed by atoms with Gasteiger partial charge in [-0.25, -0.2) is 0 Å². The summed E-state index contributed by atoms with van der Waals surface area (Å²) in [4.78, 5) is 0. The Balaban J connectivity index is 2.01. The summed E-state index contributed by atoms with van der Waals surface area (Å²) in [7, 11) is 0. The Kier molecular flexibility index (Phi) is 4.40. The zero-order valence-electron chi connectivity index (χ0n) is 10.0. The average molecular weight is 255 g/mol. The molecule has 0 aromatic heterocycles. The van der Waals surface area contributed by atoms with Gasteiger partial charge >= 0.3 is 0 Å². The molecule has 1 fully saturated rings. The zero-order valence-corrected chi connectivity index (χ0v) is 10.8. The first-order valence-electron chi connectivity index (χ1n) is 6.03. The van der Waals surface area contributed by atoms with Crippen LogP contribution >= 0.6 is 11.6 Å². The van der Waals surface area contributed by atoms with Crippen molar-refractivity contribution in [1.29, 1.82) is 0 Å². The Labute approximate surface area is 107 Å². The maximum atomic E-state index is 5.87. The van der Waals surface area contributed by atoms with E-state index in [4.69, 9.17) is 22.2 Å². The summed E-state index contributed by atoms with van der Waals surface area (Å²) in [5.41, 5.74) is 4.17. The predicted octanol–water partition coefficient (Wildman–Crippen LogP) is 2.14. The summed E-state index contributed by atoms with van der Waals surface area (Å²) in [5.74, 6) is 6.14. The highest BCUT2D eigenvalue weighted by Crippen LogP contribution is 2.25. The van der Waals surface area contributed by atoms with Crippen molar-refractivity contribution in [1.82, 2.24) is 5.43 Å². The van der Waals surface area contributed by atoms with Crippen molar-refractivity contribution in [3.63, 3.8) is 0 Å². The maximum Gasteiger partial charge on any atom is 0.0591 e. The molecule has 1 aliphatic rings. The number of ether oxygens (including phenoxy) is 1. The minimum Gasteiger partial charge on any atom is -0.378 e. The van der Waals surface area contributed by atoms with Gasteiger partial charge in [0.2, 0.25) is 0 Å². The fourth-order valence-corrected chi connectivity index (χ4v) is 2.61. The van der Waals surface area contributed by atoms with E-state index in [9.17, 15) is 0 Å². The van der Waals surface area contributed by atoms with Gasteiger partial charge in [-0.15, -0.1) is 0 Å². The summed E-state index contributed by atoms with van der Waals surface area (Å²) in [6, 6.07) is 8.19. The van der Waals surface area contributed by atoms with Gasteiger partial charge < -0.3 is 4.74 Å². The van der Waals surface area contributed by atoms with Crippen LogP contribution in [0.15, 0.2) is 24.3 Å². The maximum absolute atomic E-state index is 5.87. The van der Waals surface area contributed by atoms with E-state index in [1.54, 1.807) is 0 Å². The molecule has 94 valence electrons. The number of hydrogen-bond donors (Lipinski definition) is 2. The number of rotatable bonds is 4. The first-order valence-corrected chi connectivity index (χ1v) is 6.40. The van der Waals surface area contributed by atoms with Crippen molar-refractivity contribution in [2.75, 3.05) is 6.61 Å². The molecular weight excluding hydrogens is 236 g/mol. The fourth-order valence-electron chi connectivity index (χ4n) is 2.48. The van der Waals surface area contributed by atoms with Gasteiger partial charge in [-0.2, -0.15) is 0 Å². The van der Waals surface area contributed by atoms with E-state index in [-0.39, 0.29) is 12.1 Å². The summed E-state index contributed by atoms with van der Waals surface area (Å²) in [6.45, 7) is 2.95. The molecule has 3 atom stereocenters. The topological polar surface area (TPSA) is 47.3 Å². The molecule has 0 amide bonds. The largest absolute Gasteiger partial charge is 0.378 e. The standard InChI is InChI=1S/C13H19ClN2O/c1-9-12(6-7-17-9)13(16-15)8-10-2-4-11(14)5-3-10/h2-5,9,12-13,16H,6-8,15H2,1H3. The smallest absolute Gasteiger partial charge is 0.0591 e.